The van der Waals surface area contributed by atoms with Crippen LogP contribution in [0.1, 0.15) is 47.8 Å². The minimum atomic E-state index is -1.32. The Balaban J connectivity index is 2.38. The smallest absolute Gasteiger partial charge is 0.252 e. The first kappa shape index (κ1) is 21.0. The Bertz CT molecular complexity index is 965. The van der Waals surface area contributed by atoms with Crippen LogP contribution in [0.3, 0.4) is 0 Å². The van der Waals surface area contributed by atoms with Crippen molar-refractivity contribution in [3.05, 3.63) is 71.3 Å². The van der Waals surface area contributed by atoms with Crippen LogP contribution in [-0.4, -0.2) is 29.6 Å². The molecule has 8 nitrogen and oxygen atoms in total. The molecule has 3 amide bonds. The normalized spacial score (nSPS) is 13.1. The van der Waals surface area contributed by atoms with Crippen LogP contribution in [0, 0.1) is 11.3 Å². The highest BCUT2D eigenvalue weighted by atomic mass is 16.2. The lowest BCUT2D eigenvalue weighted by atomic mass is 10.0. The van der Waals surface area contributed by atoms with E-state index < -0.39 is 29.8 Å². The Kier molecular flexibility index (Phi) is 7.15. The van der Waals surface area contributed by atoms with Crippen LogP contribution in [0.25, 0.3) is 0 Å². The van der Waals surface area contributed by atoms with Gasteiger partial charge < -0.3 is 22.1 Å². The van der Waals surface area contributed by atoms with Gasteiger partial charge in [0.05, 0.1) is 0 Å². The molecule has 8 heteroatoms. The first-order chi connectivity index (χ1) is 14.6. The van der Waals surface area contributed by atoms with Gasteiger partial charge in [0, 0.05) is 11.1 Å². The molecule has 0 spiro atoms. The van der Waals surface area contributed by atoms with Crippen LogP contribution in [0.4, 0.5) is 0 Å². The number of amides is 3. The lowest BCUT2D eigenvalue weighted by molar-refractivity contribution is -0.128. The fraction of sp³-hybridized carbons (Fsp3) is 0.273. The van der Waals surface area contributed by atoms with Crippen molar-refractivity contribution in [3.63, 3.8) is 0 Å². The van der Waals surface area contributed by atoms with Gasteiger partial charge in [-0.3, -0.25) is 19.8 Å². The van der Waals surface area contributed by atoms with E-state index in [0.717, 1.165) is 0 Å². The lowest BCUT2D eigenvalue weighted by Gasteiger charge is -2.23. The number of nitrogens with one attached hydrogen (secondary N) is 3. The van der Waals surface area contributed by atoms with Crippen molar-refractivity contribution in [3.8, 4) is 0 Å². The van der Waals surface area contributed by atoms with E-state index in [1.165, 1.54) is 12.1 Å². The van der Waals surface area contributed by atoms with Crippen LogP contribution in [0.2, 0.25) is 1.41 Å². The molecule has 0 aliphatic rings. The van der Waals surface area contributed by atoms with Crippen LogP contribution in [-0.2, 0) is 9.59 Å². The number of rotatable bonds is 9. The second kappa shape index (κ2) is 10.2. The molecule has 0 unspecified atom stereocenters. The molecule has 30 heavy (non-hydrogen) atoms. The monoisotopic (exact) mass is 410 g/mol. The average Bonchev–Trinajstić information content (AvgIpc) is 2.73. The summed E-state index contributed by atoms with van der Waals surface area (Å²) in [4.78, 5) is 37.9. The molecule has 2 rings (SSSR count). The van der Waals surface area contributed by atoms with Gasteiger partial charge in [-0.25, -0.2) is 0 Å². The predicted molar refractivity (Wildman–Crippen MR) is 115 cm³/mol. The van der Waals surface area contributed by atoms with Gasteiger partial charge in [0.25, 0.3) is 5.91 Å². The standard InChI is InChI=1S/C22H27N5O3/c1-13(2)11-17(20(25)28)26-22(30)18(14-7-4-3-5-8-14)27-21(29)16-10-6-9-15(12-16)19(23)24/h3-10,12-13,17-18H,11H2,1-2H3,(H3,23,24)(H2,25,28)(H,26,30)(H,27,29)/t17-,18+/m0/s1/i/hD. The minimum Gasteiger partial charge on any atom is -0.384 e. The van der Waals surface area contributed by atoms with Crippen molar-refractivity contribution in [2.24, 2.45) is 17.4 Å². The van der Waals surface area contributed by atoms with Crippen molar-refractivity contribution >= 4 is 23.6 Å². The van der Waals surface area contributed by atoms with Gasteiger partial charge in [0.1, 0.15) is 17.9 Å². The number of nitrogens with two attached hydrogens (primary N) is 2. The fourth-order valence-corrected chi connectivity index (χ4v) is 2.90. The summed E-state index contributed by atoms with van der Waals surface area (Å²) in [6.07, 6.45) is 0.329. The van der Waals surface area contributed by atoms with Gasteiger partial charge in [-0.15, -0.1) is 0 Å². The summed E-state index contributed by atoms with van der Waals surface area (Å²) in [5.41, 5.74) is 11.7. The lowest BCUT2D eigenvalue weighted by Crippen LogP contribution is -2.49. The van der Waals surface area contributed by atoms with E-state index in [1.54, 1.807) is 42.5 Å². The maximum atomic E-state index is 13.1. The summed E-state index contributed by atoms with van der Waals surface area (Å²) in [6, 6.07) is 12.1. The second-order valence-corrected chi connectivity index (χ2v) is 7.34. The number of carbonyl (C=O) groups is 3. The number of hydrogen-bond donors (Lipinski definition) is 5. The molecule has 0 aliphatic heterocycles. The van der Waals surface area contributed by atoms with Gasteiger partial charge in [-0.05, 0) is 30.0 Å². The molecule has 0 radical (unpaired) electrons. The number of amidine groups is 1. The number of benzene rings is 2. The zero-order valence-electron chi connectivity index (χ0n) is 18.0. The molecule has 2 atom stereocenters. The second-order valence-electron chi connectivity index (χ2n) is 7.34. The van der Waals surface area contributed by atoms with E-state index in [4.69, 9.17) is 18.3 Å². The maximum absolute atomic E-state index is 13.1. The highest BCUT2D eigenvalue weighted by molar-refractivity contribution is 6.01. The van der Waals surface area contributed by atoms with Gasteiger partial charge in [-0.2, -0.15) is 0 Å². The molecule has 0 heterocycles. The van der Waals surface area contributed by atoms with E-state index >= 15 is 0 Å². The Morgan fingerprint density at radius 2 is 1.67 bits per heavy atom. The SMILES string of the molecule is [2H]N(C(=O)c1cccc(C(=N)N)c1)[C@@H](C(=O)N[C@@H](CC(C)C)C(N)=O)c1ccccc1. The van der Waals surface area contributed by atoms with Crippen molar-refractivity contribution in [2.75, 3.05) is 0 Å². The molecular weight excluding hydrogens is 382 g/mol. The molecule has 0 aromatic heterocycles. The molecule has 0 saturated heterocycles. The van der Waals surface area contributed by atoms with Crippen molar-refractivity contribution < 1.29 is 15.8 Å². The third kappa shape index (κ3) is 6.16. The quantitative estimate of drug-likeness (QED) is 0.314. The van der Waals surface area contributed by atoms with Crippen molar-refractivity contribution in [1.29, 1.82) is 5.41 Å². The van der Waals surface area contributed by atoms with Gasteiger partial charge in [0.2, 0.25) is 11.8 Å². The van der Waals surface area contributed by atoms with Gasteiger partial charge in [0.15, 0.2) is 1.41 Å². The first-order valence-corrected chi connectivity index (χ1v) is 9.53. The summed E-state index contributed by atoms with van der Waals surface area (Å²) in [5.74, 6) is -2.27. The summed E-state index contributed by atoms with van der Waals surface area (Å²) in [5, 5.41) is 10.7. The Labute approximate surface area is 177 Å². The van der Waals surface area contributed by atoms with Crippen molar-refractivity contribution in [1.82, 2.24) is 10.6 Å². The molecule has 0 aliphatic carbocycles. The minimum absolute atomic E-state index is 0.0935. The average molecular weight is 410 g/mol. The summed E-state index contributed by atoms with van der Waals surface area (Å²) >= 11 is 0. The van der Waals surface area contributed by atoms with Crippen LogP contribution in [0.5, 0.6) is 0 Å². The zero-order chi connectivity index (χ0) is 23.1. The largest absolute Gasteiger partial charge is 0.384 e. The number of carbonyl (C=O) groups excluding carboxylic acids is 3. The number of hydrogen-bond acceptors (Lipinski definition) is 4. The van der Waals surface area contributed by atoms with E-state index in [0.29, 0.717) is 22.9 Å². The molecule has 0 fully saturated rings. The topological polar surface area (TPSA) is 151 Å². The van der Waals surface area contributed by atoms with E-state index in [1.807, 2.05) is 13.8 Å². The van der Waals surface area contributed by atoms with Crippen molar-refractivity contribution in [2.45, 2.75) is 32.4 Å². The summed E-state index contributed by atoms with van der Waals surface area (Å²) in [6.45, 7) is 3.78. The maximum Gasteiger partial charge on any atom is 0.252 e. The van der Waals surface area contributed by atoms with Crippen LogP contribution in [0.15, 0.2) is 54.6 Å². The predicted octanol–water partition coefficient (Wildman–Crippen LogP) is 1.46. The summed E-state index contributed by atoms with van der Waals surface area (Å²) < 4.78 is 8.43. The Hall–Kier alpha value is -3.68. The van der Waals surface area contributed by atoms with E-state index in [9.17, 15) is 14.4 Å². The fourth-order valence-electron chi connectivity index (χ4n) is 2.90. The van der Waals surface area contributed by atoms with Gasteiger partial charge in [-0.1, -0.05) is 56.3 Å². The third-order valence-electron chi connectivity index (χ3n) is 4.40. The highest BCUT2D eigenvalue weighted by Gasteiger charge is 2.27. The Morgan fingerprint density at radius 1 is 1.03 bits per heavy atom. The molecule has 0 saturated carbocycles. The van der Waals surface area contributed by atoms with E-state index in [2.05, 4.69) is 5.32 Å². The molecule has 2 aromatic rings. The van der Waals surface area contributed by atoms with Crippen LogP contribution < -0.4 is 22.1 Å². The zero-order valence-corrected chi connectivity index (χ0v) is 17.0. The molecule has 158 valence electrons. The molecule has 0 bridgehead atoms. The molecule has 7 N–H and O–H groups in total. The van der Waals surface area contributed by atoms with Gasteiger partial charge >= 0.3 is 0 Å². The summed E-state index contributed by atoms with van der Waals surface area (Å²) in [7, 11) is 0. The third-order valence-corrected chi connectivity index (χ3v) is 4.40. The first-order valence-electron chi connectivity index (χ1n) is 9.98. The highest BCUT2D eigenvalue weighted by Crippen LogP contribution is 2.16. The van der Waals surface area contributed by atoms with Crippen LogP contribution >= 0.6 is 0 Å². The Morgan fingerprint density at radius 3 is 2.23 bits per heavy atom. The molecular formula is C22H27N5O3. The number of primary amides is 1. The van der Waals surface area contributed by atoms with E-state index in [-0.39, 0.29) is 17.3 Å². The number of nitrogen functional groups attached to an aromatic ring is 1. The molecule has 2 aromatic carbocycles.